The SMILES string of the molecule is CC(C)(C)CS(=O)(=O)N1CCC(O)(C(=O)Cc2ccc(OC(F)(F)F)cc2)CC1. The van der Waals surface area contributed by atoms with E-state index in [2.05, 4.69) is 4.74 Å². The summed E-state index contributed by atoms with van der Waals surface area (Å²) in [6.45, 7) is 5.54. The zero-order chi connectivity index (χ0) is 22.1. The lowest BCUT2D eigenvalue weighted by Gasteiger charge is -2.37. The molecule has 1 aliphatic rings. The summed E-state index contributed by atoms with van der Waals surface area (Å²) < 4.78 is 66.6. The summed E-state index contributed by atoms with van der Waals surface area (Å²) in [4.78, 5) is 12.6. The first kappa shape index (κ1) is 23.6. The highest BCUT2D eigenvalue weighted by Crippen LogP contribution is 2.29. The van der Waals surface area contributed by atoms with Crippen LogP contribution in [0.2, 0.25) is 0 Å². The van der Waals surface area contributed by atoms with Gasteiger partial charge in [0, 0.05) is 19.5 Å². The maximum absolute atomic E-state index is 12.6. The number of carbonyl (C=O) groups excluding carboxylic acids is 1. The van der Waals surface area contributed by atoms with E-state index in [1.807, 2.05) is 20.8 Å². The van der Waals surface area contributed by atoms with Crippen LogP contribution in [-0.2, 0) is 21.2 Å². The smallest absolute Gasteiger partial charge is 0.406 e. The van der Waals surface area contributed by atoms with Crippen LogP contribution in [0.3, 0.4) is 0 Å². The molecule has 1 aromatic rings. The van der Waals surface area contributed by atoms with Crippen molar-refractivity contribution in [1.82, 2.24) is 4.31 Å². The Balaban J connectivity index is 1.97. The average molecular weight is 437 g/mol. The van der Waals surface area contributed by atoms with Gasteiger partial charge in [0.2, 0.25) is 10.0 Å². The van der Waals surface area contributed by atoms with Gasteiger partial charge in [-0.2, -0.15) is 0 Å². The Morgan fingerprint density at radius 2 is 1.66 bits per heavy atom. The third-order valence-electron chi connectivity index (χ3n) is 4.60. The Kier molecular flexibility index (Phi) is 6.71. The van der Waals surface area contributed by atoms with E-state index in [1.54, 1.807) is 0 Å². The second-order valence-electron chi connectivity index (χ2n) is 8.54. The second kappa shape index (κ2) is 8.23. The normalized spacial score (nSPS) is 18.4. The maximum Gasteiger partial charge on any atom is 0.573 e. The van der Waals surface area contributed by atoms with Crippen LogP contribution in [0.25, 0.3) is 0 Å². The number of ether oxygens (including phenoxy) is 1. The van der Waals surface area contributed by atoms with E-state index in [4.69, 9.17) is 0 Å². The van der Waals surface area contributed by atoms with Crippen molar-refractivity contribution in [3.63, 3.8) is 0 Å². The fraction of sp³-hybridized carbons (Fsp3) is 0.632. The van der Waals surface area contributed by atoms with E-state index < -0.39 is 38.9 Å². The number of nitrogens with zero attached hydrogens (tertiary/aromatic N) is 1. The third-order valence-corrected chi connectivity index (χ3v) is 6.98. The number of sulfonamides is 1. The Morgan fingerprint density at radius 3 is 2.10 bits per heavy atom. The van der Waals surface area contributed by atoms with Crippen LogP contribution in [0.4, 0.5) is 13.2 Å². The maximum atomic E-state index is 12.6. The van der Waals surface area contributed by atoms with Crippen molar-refractivity contribution >= 4 is 15.8 Å². The van der Waals surface area contributed by atoms with Crippen molar-refractivity contribution in [2.45, 2.75) is 52.0 Å². The molecule has 0 unspecified atom stereocenters. The molecule has 164 valence electrons. The van der Waals surface area contributed by atoms with Crippen molar-refractivity contribution in [2.24, 2.45) is 5.41 Å². The molecule has 0 bridgehead atoms. The standard InChI is InChI=1S/C19H26F3NO5S/c1-17(2,3)13-29(26,27)23-10-8-18(25,9-11-23)16(24)12-14-4-6-15(7-5-14)28-19(20,21)22/h4-7,25H,8-13H2,1-3H3. The Hall–Kier alpha value is -1.65. The van der Waals surface area contributed by atoms with Gasteiger partial charge in [-0.05, 0) is 36.0 Å². The van der Waals surface area contributed by atoms with Gasteiger partial charge in [0.05, 0.1) is 5.75 Å². The molecule has 0 spiro atoms. The van der Waals surface area contributed by atoms with Crippen LogP contribution in [0.15, 0.2) is 24.3 Å². The number of benzene rings is 1. The minimum absolute atomic E-state index is 0.0233. The van der Waals surface area contributed by atoms with Gasteiger partial charge < -0.3 is 9.84 Å². The molecule has 0 radical (unpaired) electrons. The molecule has 0 saturated carbocycles. The molecule has 0 amide bonds. The predicted octanol–water partition coefficient (Wildman–Crippen LogP) is 2.90. The number of piperidine rings is 1. The molecule has 1 aromatic carbocycles. The van der Waals surface area contributed by atoms with E-state index in [1.165, 1.54) is 16.4 Å². The molecule has 0 aromatic heterocycles. The van der Waals surface area contributed by atoms with E-state index in [0.29, 0.717) is 5.56 Å². The second-order valence-corrected chi connectivity index (χ2v) is 10.5. The molecule has 1 saturated heterocycles. The number of halogens is 3. The number of hydrogen-bond donors (Lipinski definition) is 1. The molecule has 1 N–H and O–H groups in total. The lowest BCUT2D eigenvalue weighted by atomic mass is 9.85. The number of Topliss-reactive ketones (excluding diaryl/α,β-unsaturated/α-hetero) is 1. The first-order valence-electron chi connectivity index (χ1n) is 9.18. The van der Waals surface area contributed by atoms with Gasteiger partial charge >= 0.3 is 6.36 Å². The van der Waals surface area contributed by atoms with E-state index in [-0.39, 0.29) is 38.1 Å². The van der Waals surface area contributed by atoms with Crippen molar-refractivity contribution < 1.29 is 36.2 Å². The van der Waals surface area contributed by atoms with Gasteiger partial charge in [0.15, 0.2) is 5.78 Å². The van der Waals surface area contributed by atoms with Crippen LogP contribution in [-0.4, -0.2) is 54.4 Å². The first-order chi connectivity index (χ1) is 13.1. The van der Waals surface area contributed by atoms with Gasteiger partial charge in [-0.15, -0.1) is 13.2 Å². The molecule has 0 aliphatic carbocycles. The highest BCUT2D eigenvalue weighted by molar-refractivity contribution is 7.89. The Morgan fingerprint density at radius 1 is 1.14 bits per heavy atom. The number of hydrogen-bond acceptors (Lipinski definition) is 5. The largest absolute Gasteiger partial charge is 0.573 e. The van der Waals surface area contributed by atoms with Gasteiger partial charge in [-0.25, -0.2) is 12.7 Å². The summed E-state index contributed by atoms with van der Waals surface area (Å²) in [6, 6.07) is 4.85. The van der Waals surface area contributed by atoms with Crippen LogP contribution in [0, 0.1) is 5.41 Å². The highest BCUT2D eigenvalue weighted by atomic mass is 32.2. The summed E-state index contributed by atoms with van der Waals surface area (Å²) in [5, 5.41) is 10.7. The first-order valence-corrected chi connectivity index (χ1v) is 10.8. The monoisotopic (exact) mass is 437 g/mol. The molecule has 0 atom stereocenters. The predicted molar refractivity (Wildman–Crippen MR) is 101 cm³/mol. The average Bonchev–Trinajstić information content (AvgIpc) is 2.53. The van der Waals surface area contributed by atoms with E-state index in [0.717, 1.165) is 12.1 Å². The topological polar surface area (TPSA) is 83.9 Å². The third kappa shape index (κ3) is 6.97. The van der Waals surface area contributed by atoms with Crippen molar-refractivity contribution in [1.29, 1.82) is 0 Å². The molecule has 6 nitrogen and oxygen atoms in total. The summed E-state index contributed by atoms with van der Waals surface area (Å²) in [5.41, 5.74) is -1.64. The molecular formula is C19H26F3NO5S. The van der Waals surface area contributed by atoms with Gasteiger partial charge in [0.25, 0.3) is 0 Å². The van der Waals surface area contributed by atoms with Crippen LogP contribution < -0.4 is 4.74 Å². The molecule has 29 heavy (non-hydrogen) atoms. The summed E-state index contributed by atoms with van der Waals surface area (Å²) in [5.74, 6) is -0.918. The lowest BCUT2D eigenvalue weighted by Crippen LogP contribution is -2.52. The quantitative estimate of drug-likeness (QED) is 0.740. The van der Waals surface area contributed by atoms with Crippen molar-refractivity contribution in [3.8, 4) is 5.75 Å². The van der Waals surface area contributed by atoms with Crippen LogP contribution >= 0.6 is 0 Å². The summed E-state index contributed by atoms with van der Waals surface area (Å²) in [6.07, 6.45) is -5.01. The molecule has 10 heteroatoms. The minimum atomic E-state index is -4.80. The zero-order valence-electron chi connectivity index (χ0n) is 16.6. The lowest BCUT2D eigenvalue weighted by molar-refractivity contribution is -0.274. The Labute approximate surface area is 168 Å². The van der Waals surface area contributed by atoms with Crippen LogP contribution in [0.1, 0.15) is 39.2 Å². The molecule has 2 rings (SSSR count). The number of aliphatic hydroxyl groups is 1. The zero-order valence-corrected chi connectivity index (χ0v) is 17.4. The molecule has 1 aliphatic heterocycles. The van der Waals surface area contributed by atoms with Gasteiger partial charge in [-0.1, -0.05) is 32.9 Å². The fourth-order valence-electron chi connectivity index (χ4n) is 3.21. The van der Waals surface area contributed by atoms with Gasteiger partial charge in [0.1, 0.15) is 11.4 Å². The molecular weight excluding hydrogens is 411 g/mol. The number of alkyl halides is 3. The van der Waals surface area contributed by atoms with Crippen LogP contribution in [0.5, 0.6) is 5.75 Å². The fourth-order valence-corrected chi connectivity index (χ4v) is 5.23. The minimum Gasteiger partial charge on any atom is -0.406 e. The van der Waals surface area contributed by atoms with Crippen molar-refractivity contribution in [3.05, 3.63) is 29.8 Å². The summed E-state index contributed by atoms with van der Waals surface area (Å²) >= 11 is 0. The number of ketones is 1. The molecule has 1 fully saturated rings. The van der Waals surface area contributed by atoms with E-state index >= 15 is 0 Å². The number of rotatable bonds is 6. The number of carbonyl (C=O) groups is 1. The van der Waals surface area contributed by atoms with Crippen molar-refractivity contribution in [2.75, 3.05) is 18.8 Å². The molecule has 1 heterocycles. The highest BCUT2D eigenvalue weighted by Gasteiger charge is 2.42. The van der Waals surface area contributed by atoms with E-state index in [9.17, 15) is 31.5 Å². The Bertz CT molecular complexity index is 821. The summed E-state index contributed by atoms with van der Waals surface area (Å²) in [7, 11) is -3.49. The van der Waals surface area contributed by atoms with Gasteiger partial charge in [-0.3, -0.25) is 4.79 Å².